The van der Waals surface area contributed by atoms with Gasteiger partial charge < -0.3 is 5.32 Å². The molecule has 0 aliphatic heterocycles. The lowest BCUT2D eigenvalue weighted by atomic mass is 10.1. The molecule has 0 spiro atoms. The van der Waals surface area contributed by atoms with Crippen LogP contribution in [0.2, 0.25) is 0 Å². The van der Waals surface area contributed by atoms with Gasteiger partial charge in [0.25, 0.3) is 5.91 Å². The lowest BCUT2D eigenvalue weighted by molar-refractivity contribution is 0.0955. The van der Waals surface area contributed by atoms with Crippen molar-refractivity contribution in [3.8, 4) is 0 Å². The smallest absolute Gasteiger partial charge is 0.253 e. The molecule has 1 amide bonds. The van der Waals surface area contributed by atoms with Gasteiger partial charge in [-0.3, -0.25) is 9.79 Å². The minimum Gasteiger partial charge on any atom is -0.352 e. The van der Waals surface area contributed by atoms with Crippen LogP contribution in [0.1, 0.15) is 21.5 Å². The van der Waals surface area contributed by atoms with Crippen LogP contribution >= 0.6 is 0 Å². The van der Waals surface area contributed by atoms with E-state index in [1.165, 1.54) is 10.9 Å². The van der Waals surface area contributed by atoms with Crippen LogP contribution in [0.5, 0.6) is 0 Å². The number of rotatable bonds is 6. The Balaban J connectivity index is 1.50. The Kier molecular flexibility index (Phi) is 5.77. The van der Waals surface area contributed by atoms with Crippen molar-refractivity contribution < 1.29 is 4.79 Å². The predicted molar refractivity (Wildman–Crippen MR) is 120 cm³/mol. The zero-order valence-corrected chi connectivity index (χ0v) is 16.1. The molecule has 0 heterocycles. The fourth-order valence-electron chi connectivity index (χ4n) is 3.34. The summed E-state index contributed by atoms with van der Waals surface area (Å²) in [6, 6.07) is 31.9. The number of carbonyl (C=O) groups excluding carboxylic acids is 1. The number of amides is 1. The third kappa shape index (κ3) is 4.58. The molecule has 0 aliphatic rings. The molecule has 0 bridgehead atoms. The number of fused-ring (bicyclic) bond motifs is 1. The zero-order chi connectivity index (χ0) is 19.9. The van der Waals surface area contributed by atoms with E-state index in [9.17, 15) is 4.79 Å². The molecule has 0 atom stereocenters. The predicted octanol–water partition coefficient (Wildman–Crippen LogP) is 5.56. The first-order valence-corrected chi connectivity index (χ1v) is 9.74. The normalized spacial score (nSPS) is 11.0. The Morgan fingerprint density at radius 2 is 1.52 bits per heavy atom. The SMILES string of the molecule is O=C(NCCc1ccccc1)c1ccccc1N=Cc1cccc2ccccc12. The molecule has 4 rings (SSSR count). The summed E-state index contributed by atoms with van der Waals surface area (Å²) < 4.78 is 0. The Morgan fingerprint density at radius 3 is 2.41 bits per heavy atom. The average Bonchev–Trinajstić information content (AvgIpc) is 2.78. The summed E-state index contributed by atoms with van der Waals surface area (Å²) in [6.45, 7) is 0.588. The molecule has 142 valence electrons. The van der Waals surface area contributed by atoms with Crippen molar-refractivity contribution in [2.24, 2.45) is 4.99 Å². The second kappa shape index (κ2) is 8.98. The van der Waals surface area contributed by atoms with Crippen molar-refractivity contribution in [2.45, 2.75) is 6.42 Å². The lowest BCUT2D eigenvalue weighted by Crippen LogP contribution is -2.25. The molecule has 0 saturated heterocycles. The summed E-state index contributed by atoms with van der Waals surface area (Å²) in [5.74, 6) is -0.105. The molecule has 0 aliphatic carbocycles. The van der Waals surface area contributed by atoms with Gasteiger partial charge in [0.1, 0.15) is 0 Å². The number of nitrogens with zero attached hydrogens (tertiary/aromatic N) is 1. The van der Waals surface area contributed by atoms with Crippen LogP contribution in [0.15, 0.2) is 102 Å². The van der Waals surface area contributed by atoms with E-state index in [1.54, 1.807) is 0 Å². The molecule has 0 radical (unpaired) electrons. The third-order valence-corrected chi connectivity index (χ3v) is 4.86. The van der Waals surface area contributed by atoms with Crippen LogP contribution in [-0.4, -0.2) is 18.7 Å². The second-order valence-corrected chi connectivity index (χ2v) is 6.84. The molecule has 3 heteroatoms. The van der Waals surface area contributed by atoms with Gasteiger partial charge in [-0.1, -0.05) is 84.9 Å². The molecule has 0 saturated carbocycles. The molecule has 3 nitrogen and oxygen atoms in total. The van der Waals surface area contributed by atoms with Crippen LogP contribution in [0, 0.1) is 0 Å². The molecule has 0 unspecified atom stereocenters. The van der Waals surface area contributed by atoms with Gasteiger partial charge in [-0.2, -0.15) is 0 Å². The summed E-state index contributed by atoms with van der Waals surface area (Å²) in [7, 11) is 0. The van der Waals surface area contributed by atoms with E-state index in [1.807, 2.05) is 72.9 Å². The Labute approximate surface area is 170 Å². The Morgan fingerprint density at radius 1 is 0.793 bits per heavy atom. The highest BCUT2D eigenvalue weighted by Crippen LogP contribution is 2.21. The first kappa shape index (κ1) is 18.6. The van der Waals surface area contributed by atoms with Crippen LogP contribution in [-0.2, 0) is 6.42 Å². The number of aliphatic imine (C=N–C) groups is 1. The van der Waals surface area contributed by atoms with Crippen molar-refractivity contribution >= 4 is 28.6 Å². The minimum atomic E-state index is -0.105. The van der Waals surface area contributed by atoms with Gasteiger partial charge >= 0.3 is 0 Å². The summed E-state index contributed by atoms with van der Waals surface area (Å²) in [5.41, 5.74) is 3.48. The topological polar surface area (TPSA) is 41.5 Å². The van der Waals surface area contributed by atoms with Crippen LogP contribution in [0.4, 0.5) is 5.69 Å². The van der Waals surface area contributed by atoms with E-state index in [-0.39, 0.29) is 5.91 Å². The van der Waals surface area contributed by atoms with Crippen LogP contribution in [0.3, 0.4) is 0 Å². The largest absolute Gasteiger partial charge is 0.352 e. The van der Waals surface area contributed by atoms with Crippen molar-refractivity contribution in [1.82, 2.24) is 5.32 Å². The van der Waals surface area contributed by atoms with Crippen LogP contribution < -0.4 is 5.32 Å². The van der Waals surface area contributed by atoms with Gasteiger partial charge in [-0.15, -0.1) is 0 Å². The molecule has 1 N–H and O–H groups in total. The third-order valence-electron chi connectivity index (χ3n) is 4.86. The maximum absolute atomic E-state index is 12.7. The average molecular weight is 378 g/mol. The highest BCUT2D eigenvalue weighted by molar-refractivity contribution is 6.03. The van der Waals surface area contributed by atoms with E-state index in [0.717, 1.165) is 17.4 Å². The van der Waals surface area contributed by atoms with Crippen molar-refractivity contribution in [2.75, 3.05) is 6.54 Å². The summed E-state index contributed by atoms with van der Waals surface area (Å²) >= 11 is 0. The van der Waals surface area contributed by atoms with E-state index in [4.69, 9.17) is 0 Å². The van der Waals surface area contributed by atoms with Gasteiger partial charge in [-0.05, 0) is 34.9 Å². The first-order valence-electron chi connectivity index (χ1n) is 9.74. The molecule has 4 aromatic carbocycles. The minimum absolute atomic E-state index is 0.105. The number of carbonyl (C=O) groups is 1. The molecular weight excluding hydrogens is 356 g/mol. The van der Waals surface area contributed by atoms with Crippen molar-refractivity contribution in [1.29, 1.82) is 0 Å². The summed E-state index contributed by atoms with van der Waals surface area (Å²) in [6.07, 6.45) is 2.63. The zero-order valence-electron chi connectivity index (χ0n) is 16.1. The summed E-state index contributed by atoms with van der Waals surface area (Å²) in [4.78, 5) is 17.3. The highest BCUT2D eigenvalue weighted by Gasteiger charge is 2.09. The maximum Gasteiger partial charge on any atom is 0.253 e. The number of para-hydroxylation sites is 1. The fourth-order valence-corrected chi connectivity index (χ4v) is 3.34. The number of hydrogen-bond donors (Lipinski definition) is 1. The quantitative estimate of drug-likeness (QED) is 0.438. The van der Waals surface area contributed by atoms with Gasteiger partial charge in [0.05, 0.1) is 11.3 Å². The van der Waals surface area contributed by atoms with Crippen molar-refractivity contribution in [3.63, 3.8) is 0 Å². The van der Waals surface area contributed by atoms with Gasteiger partial charge in [0.2, 0.25) is 0 Å². The first-order chi connectivity index (χ1) is 14.3. The summed E-state index contributed by atoms with van der Waals surface area (Å²) in [5, 5.41) is 5.31. The van der Waals surface area contributed by atoms with E-state index < -0.39 is 0 Å². The maximum atomic E-state index is 12.7. The van der Waals surface area contributed by atoms with Crippen molar-refractivity contribution in [3.05, 3.63) is 114 Å². The van der Waals surface area contributed by atoms with Gasteiger partial charge in [0.15, 0.2) is 0 Å². The molecule has 0 aromatic heterocycles. The number of hydrogen-bond acceptors (Lipinski definition) is 2. The monoisotopic (exact) mass is 378 g/mol. The molecule has 0 fully saturated rings. The van der Waals surface area contributed by atoms with Gasteiger partial charge in [0, 0.05) is 18.3 Å². The Hall–Kier alpha value is -3.72. The van der Waals surface area contributed by atoms with E-state index in [0.29, 0.717) is 17.8 Å². The van der Waals surface area contributed by atoms with Crippen LogP contribution in [0.25, 0.3) is 10.8 Å². The number of benzene rings is 4. The molecule has 29 heavy (non-hydrogen) atoms. The number of nitrogens with one attached hydrogen (secondary N) is 1. The lowest BCUT2D eigenvalue weighted by Gasteiger charge is -2.08. The molecular formula is C26H22N2O. The van der Waals surface area contributed by atoms with Gasteiger partial charge in [-0.25, -0.2) is 0 Å². The van der Waals surface area contributed by atoms with E-state index in [2.05, 4.69) is 40.6 Å². The standard InChI is InChI=1S/C26H22N2O/c29-26(27-18-17-20-9-2-1-3-10-20)24-15-6-7-16-25(24)28-19-22-13-8-12-21-11-4-5-14-23(21)22/h1-16,19H,17-18H2,(H,27,29). The second-order valence-electron chi connectivity index (χ2n) is 6.84. The Bertz CT molecular complexity index is 1140. The highest BCUT2D eigenvalue weighted by atomic mass is 16.1. The fraction of sp³-hybridized carbons (Fsp3) is 0.0769. The van der Waals surface area contributed by atoms with E-state index >= 15 is 0 Å². The molecule has 4 aromatic rings.